The van der Waals surface area contributed by atoms with Crippen molar-refractivity contribution in [3.05, 3.63) is 27.9 Å². The Balaban J connectivity index is 3.12. The second-order valence-corrected chi connectivity index (χ2v) is 3.69. The van der Waals surface area contributed by atoms with E-state index in [1.807, 2.05) is 0 Å². The van der Waals surface area contributed by atoms with E-state index >= 15 is 0 Å². The molecule has 0 aliphatic carbocycles. The molecule has 0 aliphatic rings. The van der Waals surface area contributed by atoms with Crippen molar-refractivity contribution in [2.24, 2.45) is 0 Å². The minimum Gasteiger partial charge on any atom is -0.481 e. The van der Waals surface area contributed by atoms with Crippen molar-refractivity contribution in [1.82, 2.24) is 4.98 Å². The molecule has 0 saturated heterocycles. The summed E-state index contributed by atoms with van der Waals surface area (Å²) in [7, 11) is 1.24. The fourth-order valence-corrected chi connectivity index (χ4v) is 1.47. The van der Waals surface area contributed by atoms with Gasteiger partial charge in [0.2, 0.25) is 5.88 Å². The average molecular weight is 286 g/mol. The van der Waals surface area contributed by atoms with Crippen LogP contribution in [-0.2, 0) is 9.53 Å². The minimum absolute atomic E-state index is 0.0208. The quantitative estimate of drug-likeness (QED) is 0.423. The van der Waals surface area contributed by atoms with E-state index in [0.29, 0.717) is 0 Å². The molecule has 9 nitrogen and oxygen atoms in total. The lowest BCUT2D eigenvalue weighted by Gasteiger charge is -2.17. The topological polar surface area (TPSA) is 132 Å². The molecular formula is C11H14N2O7. The number of aromatic nitrogens is 1. The van der Waals surface area contributed by atoms with Gasteiger partial charge in [-0.3, -0.25) is 10.1 Å². The molecule has 20 heavy (non-hydrogen) atoms. The maximum absolute atomic E-state index is 11.3. The number of pyridine rings is 1. The second-order valence-electron chi connectivity index (χ2n) is 3.69. The molecule has 2 N–H and O–H groups in total. The molecule has 9 heteroatoms. The van der Waals surface area contributed by atoms with E-state index in [2.05, 4.69) is 9.72 Å². The first kappa shape index (κ1) is 15.8. The zero-order chi connectivity index (χ0) is 15.3. The van der Waals surface area contributed by atoms with E-state index in [4.69, 9.17) is 4.74 Å². The van der Waals surface area contributed by atoms with Crippen molar-refractivity contribution in [3.63, 3.8) is 0 Å². The zero-order valence-corrected chi connectivity index (χ0v) is 10.8. The van der Waals surface area contributed by atoms with Gasteiger partial charge in [0, 0.05) is 6.07 Å². The lowest BCUT2D eigenvalue weighted by atomic mass is 10.1. The number of hydrogen-bond acceptors (Lipinski definition) is 8. The van der Waals surface area contributed by atoms with Crippen LogP contribution in [0.25, 0.3) is 0 Å². The standard InChI is InChI=1S/C11H14N2O7/c1-3-20-11(16)9(15)8(14)7-4-6(13(17)18)5-12-10(7)19-2/h4-5,8-9,14-15H,3H2,1-2H3. The fraction of sp³-hybridized carbons (Fsp3) is 0.455. The summed E-state index contributed by atoms with van der Waals surface area (Å²) in [5.41, 5.74) is -0.585. The minimum atomic E-state index is -1.90. The van der Waals surface area contributed by atoms with Gasteiger partial charge < -0.3 is 19.7 Å². The Kier molecular flexibility index (Phi) is 5.35. The van der Waals surface area contributed by atoms with E-state index in [0.717, 1.165) is 12.3 Å². The normalized spacial score (nSPS) is 13.4. The van der Waals surface area contributed by atoms with Crippen molar-refractivity contribution in [2.75, 3.05) is 13.7 Å². The maximum Gasteiger partial charge on any atom is 0.338 e. The second kappa shape index (κ2) is 6.78. The SMILES string of the molecule is CCOC(=O)C(O)C(O)c1cc([N+](=O)[O-])cnc1OC. The Morgan fingerprint density at radius 3 is 2.70 bits per heavy atom. The van der Waals surface area contributed by atoms with Crippen molar-refractivity contribution in [3.8, 4) is 5.88 Å². The number of rotatable bonds is 6. The number of ether oxygens (including phenoxy) is 2. The van der Waals surface area contributed by atoms with E-state index in [1.165, 1.54) is 14.0 Å². The first-order valence-electron chi connectivity index (χ1n) is 5.63. The van der Waals surface area contributed by atoms with Crippen LogP contribution in [0.3, 0.4) is 0 Å². The molecule has 2 atom stereocenters. The summed E-state index contributed by atoms with van der Waals surface area (Å²) in [6.45, 7) is 1.55. The molecule has 110 valence electrons. The molecule has 0 aromatic carbocycles. The highest BCUT2D eigenvalue weighted by Gasteiger charge is 2.31. The molecule has 0 aliphatic heterocycles. The average Bonchev–Trinajstić information content (AvgIpc) is 2.45. The first-order valence-corrected chi connectivity index (χ1v) is 5.63. The van der Waals surface area contributed by atoms with Crippen LogP contribution in [0.2, 0.25) is 0 Å². The molecule has 1 rings (SSSR count). The van der Waals surface area contributed by atoms with E-state index in [-0.39, 0.29) is 18.1 Å². The number of aliphatic hydroxyl groups excluding tert-OH is 2. The van der Waals surface area contributed by atoms with Crippen LogP contribution in [0.15, 0.2) is 12.3 Å². The van der Waals surface area contributed by atoms with Gasteiger partial charge in [-0.25, -0.2) is 9.78 Å². The van der Waals surface area contributed by atoms with Gasteiger partial charge in [-0.15, -0.1) is 0 Å². The number of esters is 1. The van der Waals surface area contributed by atoms with Crippen LogP contribution >= 0.6 is 0 Å². The third-order valence-electron chi connectivity index (χ3n) is 2.41. The summed E-state index contributed by atoms with van der Waals surface area (Å²) < 4.78 is 9.39. The van der Waals surface area contributed by atoms with Crippen LogP contribution in [0.5, 0.6) is 5.88 Å². The summed E-state index contributed by atoms with van der Waals surface area (Å²) in [4.78, 5) is 24.9. The number of aliphatic hydroxyl groups is 2. The largest absolute Gasteiger partial charge is 0.481 e. The van der Waals surface area contributed by atoms with E-state index in [1.54, 1.807) is 0 Å². The fourth-order valence-electron chi connectivity index (χ4n) is 1.47. The highest BCUT2D eigenvalue weighted by Crippen LogP contribution is 2.29. The van der Waals surface area contributed by atoms with Gasteiger partial charge in [0.25, 0.3) is 5.69 Å². The van der Waals surface area contributed by atoms with Crippen molar-refractivity contribution < 1.29 is 29.4 Å². The summed E-state index contributed by atoms with van der Waals surface area (Å²) in [6, 6.07) is 0.971. The monoisotopic (exact) mass is 286 g/mol. The van der Waals surface area contributed by atoms with Crippen molar-refractivity contribution in [2.45, 2.75) is 19.1 Å². The van der Waals surface area contributed by atoms with Gasteiger partial charge >= 0.3 is 5.97 Å². The zero-order valence-electron chi connectivity index (χ0n) is 10.8. The number of nitro groups is 1. The summed E-state index contributed by atoms with van der Waals surface area (Å²) in [5, 5.41) is 30.2. The number of carbonyl (C=O) groups excluding carboxylic acids is 1. The molecule has 0 bridgehead atoms. The van der Waals surface area contributed by atoms with Crippen LogP contribution in [0, 0.1) is 10.1 Å². The first-order chi connectivity index (χ1) is 9.42. The molecule has 0 radical (unpaired) electrons. The Bertz CT molecular complexity index is 506. The number of nitrogens with zero attached hydrogens (tertiary/aromatic N) is 2. The van der Waals surface area contributed by atoms with E-state index in [9.17, 15) is 25.1 Å². The lowest BCUT2D eigenvalue weighted by Crippen LogP contribution is -2.30. The van der Waals surface area contributed by atoms with Gasteiger partial charge in [0.1, 0.15) is 12.3 Å². The number of hydrogen-bond donors (Lipinski definition) is 2. The van der Waals surface area contributed by atoms with Gasteiger partial charge in [-0.1, -0.05) is 0 Å². The van der Waals surface area contributed by atoms with E-state index < -0.39 is 28.8 Å². The van der Waals surface area contributed by atoms with Gasteiger partial charge in [0.05, 0.1) is 24.2 Å². The van der Waals surface area contributed by atoms with Gasteiger partial charge in [0.15, 0.2) is 6.10 Å². The predicted octanol–water partition coefficient (Wildman–Crippen LogP) is -0.0442. The molecule has 0 fully saturated rings. The molecule has 1 aromatic rings. The highest BCUT2D eigenvalue weighted by molar-refractivity contribution is 5.75. The van der Waals surface area contributed by atoms with Crippen molar-refractivity contribution >= 4 is 11.7 Å². The van der Waals surface area contributed by atoms with Crippen LogP contribution < -0.4 is 4.74 Å². The highest BCUT2D eigenvalue weighted by atomic mass is 16.6. The molecule has 0 amide bonds. The number of methoxy groups -OCH3 is 1. The van der Waals surface area contributed by atoms with Crippen LogP contribution in [0.1, 0.15) is 18.6 Å². The Labute approximate surface area is 113 Å². The smallest absolute Gasteiger partial charge is 0.338 e. The summed E-state index contributed by atoms with van der Waals surface area (Å²) in [5.74, 6) is -1.18. The molecule has 0 spiro atoms. The van der Waals surface area contributed by atoms with Gasteiger partial charge in [-0.2, -0.15) is 0 Å². The Morgan fingerprint density at radius 1 is 1.55 bits per heavy atom. The van der Waals surface area contributed by atoms with Crippen molar-refractivity contribution in [1.29, 1.82) is 0 Å². The third kappa shape index (κ3) is 3.39. The number of carbonyl (C=O) groups is 1. The summed E-state index contributed by atoms with van der Waals surface area (Å²) in [6.07, 6.45) is -2.71. The van der Waals surface area contributed by atoms with Crippen LogP contribution in [0.4, 0.5) is 5.69 Å². The molecule has 2 unspecified atom stereocenters. The maximum atomic E-state index is 11.3. The molecule has 1 aromatic heterocycles. The third-order valence-corrected chi connectivity index (χ3v) is 2.41. The predicted molar refractivity (Wildman–Crippen MR) is 65.0 cm³/mol. The molecular weight excluding hydrogens is 272 g/mol. The molecule has 0 saturated carbocycles. The Morgan fingerprint density at radius 2 is 2.20 bits per heavy atom. The summed E-state index contributed by atoms with van der Waals surface area (Å²) >= 11 is 0. The van der Waals surface area contributed by atoms with Gasteiger partial charge in [-0.05, 0) is 6.92 Å². The molecule has 1 heterocycles. The lowest BCUT2D eigenvalue weighted by molar-refractivity contribution is -0.385. The Hall–Kier alpha value is -2.26. The van der Waals surface area contributed by atoms with Crippen LogP contribution in [-0.4, -0.2) is 45.9 Å².